The first-order chi connectivity index (χ1) is 12.6. The first-order valence-electron chi connectivity index (χ1n) is 9.05. The zero-order valence-electron chi connectivity index (χ0n) is 15.9. The van der Waals surface area contributed by atoms with Crippen LogP contribution in [0, 0.1) is 0 Å². The maximum absolute atomic E-state index is 10.2. The van der Waals surface area contributed by atoms with Gasteiger partial charge in [0.05, 0.1) is 6.42 Å². The number of carboxylic acids is 2. The summed E-state index contributed by atoms with van der Waals surface area (Å²) >= 11 is 1.20. The van der Waals surface area contributed by atoms with Crippen molar-refractivity contribution in [1.82, 2.24) is 0 Å². The first kappa shape index (κ1) is 26.1. The minimum Gasteiger partial charge on any atom is -0.481 e. The number of hydrogen-bond donors (Lipinski definition) is 3. The quantitative estimate of drug-likeness (QED) is 0.290. The van der Waals surface area contributed by atoms with Crippen LogP contribution in [0.5, 0.6) is 0 Å². The van der Waals surface area contributed by atoms with Gasteiger partial charge in [0, 0.05) is 0 Å². The largest absolute Gasteiger partial charge is 0.481 e. The van der Waals surface area contributed by atoms with Crippen molar-refractivity contribution < 1.29 is 32.8 Å². The summed E-state index contributed by atoms with van der Waals surface area (Å²) in [6.07, 6.45) is 8.55. The fourth-order valence-electron chi connectivity index (χ4n) is 2.46. The van der Waals surface area contributed by atoms with Gasteiger partial charge >= 0.3 is 124 Å². The molecule has 0 amide bonds. The van der Waals surface area contributed by atoms with Gasteiger partial charge in [0.15, 0.2) is 5.25 Å². The van der Waals surface area contributed by atoms with E-state index >= 15 is 0 Å². The smallest absolute Gasteiger partial charge is 0.325 e. The predicted molar refractivity (Wildman–Crippen MR) is 104 cm³/mol. The number of unbranched alkanes of at least 4 members (excludes halogenated alkanes) is 5. The van der Waals surface area contributed by atoms with Crippen molar-refractivity contribution in [2.24, 2.45) is 0 Å². The molecule has 0 fully saturated rings. The Morgan fingerprint density at radius 1 is 1.04 bits per heavy atom. The van der Waals surface area contributed by atoms with E-state index in [1.807, 2.05) is 0 Å². The van der Waals surface area contributed by atoms with Crippen molar-refractivity contribution in [3.63, 3.8) is 0 Å². The van der Waals surface area contributed by atoms with Gasteiger partial charge in [0.2, 0.25) is 0 Å². The minimum atomic E-state index is -4.84. The van der Waals surface area contributed by atoms with Crippen LogP contribution < -0.4 is 2.81 Å². The molecule has 7 nitrogen and oxygen atoms in total. The summed E-state index contributed by atoms with van der Waals surface area (Å²) in [4.78, 5) is 20.0. The number of rotatable bonds is 11. The molecule has 1 aromatic rings. The molecule has 0 spiro atoms. The number of aliphatic carboxylic acids is 2. The molecule has 3 N–H and O–H groups in total. The van der Waals surface area contributed by atoms with Crippen LogP contribution in [0.3, 0.4) is 0 Å². The fourth-order valence-corrected chi connectivity index (χ4v) is 3.68. The van der Waals surface area contributed by atoms with Crippen molar-refractivity contribution in [2.75, 3.05) is 0 Å². The second-order valence-corrected chi connectivity index (χ2v) is 9.06. The molecule has 0 radical (unpaired) electrons. The van der Waals surface area contributed by atoms with E-state index in [4.69, 9.17) is 14.8 Å². The van der Waals surface area contributed by atoms with Gasteiger partial charge in [-0.25, -0.2) is 0 Å². The third-order valence-electron chi connectivity index (χ3n) is 4.06. The minimum absolute atomic E-state index is 1.16. The van der Waals surface area contributed by atoms with E-state index in [9.17, 15) is 18.0 Å². The Labute approximate surface area is 178 Å². The molecule has 0 saturated heterocycles. The maximum atomic E-state index is 10.2. The summed E-state index contributed by atoms with van der Waals surface area (Å²) in [5, 5.41) is 13.9. The fraction of sp³-hybridized carbons (Fsp3) is 0.556. The van der Waals surface area contributed by atoms with Crippen molar-refractivity contribution in [3.05, 3.63) is 29.8 Å². The molecule has 148 valence electrons. The molecule has 0 aromatic heterocycles. The Kier molecular flexibility index (Phi) is 13.6. The normalized spacial score (nSPS) is 12.0. The standard InChI is InChI=1S/C14H21.C4H6O7S.Na/c1-2-3-4-5-6-8-11-14-12-9-7-10-13-14;5-3(6)1-2(4(7)8)12(9,10)11;/h7,9-10,12H,2-6,8,11H2,1H3;2H,1H2,(H,5,6)(H,7,8)(H,9,10,11);. The summed E-state index contributed by atoms with van der Waals surface area (Å²) in [5.74, 6) is -3.50. The van der Waals surface area contributed by atoms with Gasteiger partial charge < -0.3 is 10.2 Å². The van der Waals surface area contributed by atoms with Crippen molar-refractivity contribution >= 4 is 52.8 Å². The molecule has 1 atom stereocenters. The Morgan fingerprint density at radius 3 is 2.04 bits per heavy atom. The number of aryl methyl sites for hydroxylation is 1. The van der Waals surface area contributed by atoms with Crippen molar-refractivity contribution in [1.29, 1.82) is 0 Å². The second kappa shape index (κ2) is 14.1. The summed E-state index contributed by atoms with van der Waals surface area (Å²) < 4.78 is 30.3. The summed E-state index contributed by atoms with van der Waals surface area (Å²) in [6.45, 7) is 2.28. The van der Waals surface area contributed by atoms with E-state index < -0.39 is 33.7 Å². The number of carbonyl (C=O) groups is 2. The number of carboxylic acid groups (broad SMARTS) is 2. The van der Waals surface area contributed by atoms with E-state index in [0.29, 0.717) is 0 Å². The second-order valence-electron chi connectivity index (χ2n) is 6.38. The van der Waals surface area contributed by atoms with Crippen LogP contribution >= 0.6 is 0 Å². The van der Waals surface area contributed by atoms with E-state index in [1.165, 1.54) is 72.9 Å². The van der Waals surface area contributed by atoms with Crippen LogP contribution in [0.15, 0.2) is 24.3 Å². The average Bonchev–Trinajstić information content (AvgIpc) is 2.56. The predicted octanol–water partition coefficient (Wildman–Crippen LogP) is 2.19. The van der Waals surface area contributed by atoms with Crippen LogP contribution in [-0.2, 0) is 26.1 Å². The molecule has 1 unspecified atom stereocenters. The maximum Gasteiger partial charge on any atom is 0.325 e. The van der Waals surface area contributed by atoms with Gasteiger partial charge in [-0.05, 0) is 0 Å². The SMILES string of the molecule is CCCCCCCCc1cccc[c]1[Na].O=C(O)CC(C(=O)O)S(=O)(=O)O. The van der Waals surface area contributed by atoms with Crippen molar-refractivity contribution in [2.45, 2.75) is 63.5 Å². The zero-order valence-corrected chi connectivity index (χ0v) is 18.7. The Balaban J connectivity index is 0.000000516. The number of hydrogen-bond acceptors (Lipinski definition) is 4. The molecular formula is C18H27NaO7S. The molecule has 1 rings (SSSR count). The van der Waals surface area contributed by atoms with Crippen LogP contribution in [0.1, 0.15) is 57.4 Å². The van der Waals surface area contributed by atoms with E-state index in [2.05, 4.69) is 31.2 Å². The Bertz CT molecular complexity index is 689. The van der Waals surface area contributed by atoms with Gasteiger partial charge in [-0.2, -0.15) is 8.42 Å². The van der Waals surface area contributed by atoms with Crippen LogP contribution in [0.4, 0.5) is 0 Å². The molecule has 27 heavy (non-hydrogen) atoms. The number of benzene rings is 1. The molecule has 0 bridgehead atoms. The summed E-state index contributed by atoms with van der Waals surface area (Å²) in [5.41, 5.74) is 1.60. The Hall–Kier alpha value is -0.930. The molecule has 0 aliphatic rings. The molecule has 9 heteroatoms. The molecule has 0 saturated carbocycles. The van der Waals surface area contributed by atoms with Gasteiger partial charge in [0.25, 0.3) is 10.1 Å². The molecule has 0 aliphatic heterocycles. The van der Waals surface area contributed by atoms with Gasteiger partial charge in [-0.15, -0.1) is 0 Å². The van der Waals surface area contributed by atoms with Crippen LogP contribution in [0.25, 0.3) is 0 Å². The van der Waals surface area contributed by atoms with Gasteiger partial charge in [-0.3, -0.25) is 14.1 Å². The van der Waals surface area contributed by atoms with E-state index in [-0.39, 0.29) is 0 Å². The van der Waals surface area contributed by atoms with Crippen molar-refractivity contribution in [3.8, 4) is 0 Å². The first-order valence-corrected chi connectivity index (χ1v) is 11.5. The van der Waals surface area contributed by atoms with Crippen LogP contribution in [-0.4, -0.2) is 68.3 Å². The Morgan fingerprint density at radius 2 is 1.59 bits per heavy atom. The molecule has 0 aliphatic carbocycles. The third-order valence-corrected chi connectivity index (χ3v) is 6.12. The van der Waals surface area contributed by atoms with Gasteiger partial charge in [0.1, 0.15) is 0 Å². The van der Waals surface area contributed by atoms with E-state index in [0.717, 1.165) is 0 Å². The monoisotopic (exact) mass is 410 g/mol. The van der Waals surface area contributed by atoms with E-state index in [1.54, 1.807) is 8.38 Å². The van der Waals surface area contributed by atoms with Gasteiger partial charge in [-0.1, -0.05) is 0 Å². The average molecular weight is 410 g/mol. The molecular weight excluding hydrogens is 383 g/mol. The molecule has 1 aromatic carbocycles. The summed E-state index contributed by atoms with van der Waals surface area (Å²) in [7, 11) is -4.84. The van der Waals surface area contributed by atoms with Crippen LogP contribution in [0.2, 0.25) is 0 Å². The zero-order chi connectivity index (χ0) is 20.9. The molecule has 0 heterocycles. The third kappa shape index (κ3) is 13.0. The topological polar surface area (TPSA) is 129 Å². The summed E-state index contributed by atoms with van der Waals surface area (Å²) in [6, 6.07) is 8.91.